The molecule has 120 valence electrons. The Hall–Kier alpha value is -1.63. The molecule has 0 radical (unpaired) electrons. The quantitative estimate of drug-likeness (QED) is 0.800. The first-order valence-corrected chi connectivity index (χ1v) is 7.20. The van der Waals surface area contributed by atoms with Gasteiger partial charge in [-0.2, -0.15) is 4.98 Å². The van der Waals surface area contributed by atoms with Crippen molar-refractivity contribution in [2.45, 2.75) is 46.8 Å². The van der Waals surface area contributed by atoms with Gasteiger partial charge in [-0.05, 0) is 32.6 Å². The van der Waals surface area contributed by atoms with E-state index >= 15 is 0 Å². The van der Waals surface area contributed by atoms with Gasteiger partial charge < -0.3 is 19.9 Å². The van der Waals surface area contributed by atoms with Gasteiger partial charge in [0.2, 0.25) is 6.39 Å². The predicted molar refractivity (Wildman–Crippen MR) is 78.6 cm³/mol. The number of ether oxygens (including phenoxy) is 1. The van der Waals surface area contributed by atoms with Gasteiger partial charge in [-0.1, -0.05) is 19.0 Å². The van der Waals surface area contributed by atoms with Crippen molar-refractivity contribution in [1.29, 1.82) is 0 Å². The first kappa shape index (κ1) is 17.4. The summed E-state index contributed by atoms with van der Waals surface area (Å²) < 4.78 is 9.90. The maximum absolute atomic E-state index is 11.7. The maximum atomic E-state index is 11.7. The molecule has 0 aliphatic carbocycles. The number of carbonyl (C=O) groups is 1. The van der Waals surface area contributed by atoms with E-state index < -0.39 is 5.60 Å². The summed E-state index contributed by atoms with van der Waals surface area (Å²) in [6.07, 6.45) is 0.924. The molecule has 1 aromatic heterocycles. The van der Waals surface area contributed by atoms with Gasteiger partial charge >= 0.3 is 6.09 Å². The first-order chi connectivity index (χ1) is 9.78. The third-order valence-electron chi connectivity index (χ3n) is 2.95. The highest BCUT2D eigenvalue weighted by molar-refractivity contribution is 5.67. The van der Waals surface area contributed by atoms with E-state index in [0.29, 0.717) is 30.7 Å². The minimum atomic E-state index is -0.478. The molecule has 1 rings (SSSR count). The lowest BCUT2D eigenvalue weighted by Crippen LogP contribution is -2.39. The second-order valence-corrected chi connectivity index (χ2v) is 6.37. The molecular weight excluding hydrogens is 272 g/mol. The molecule has 1 aromatic rings. The molecule has 2 N–H and O–H groups in total. The zero-order chi connectivity index (χ0) is 15.9. The van der Waals surface area contributed by atoms with E-state index in [1.54, 1.807) is 0 Å². The van der Waals surface area contributed by atoms with Crippen molar-refractivity contribution in [2.75, 3.05) is 13.1 Å². The van der Waals surface area contributed by atoms with Crippen molar-refractivity contribution in [3.63, 3.8) is 0 Å². The molecule has 0 aliphatic heterocycles. The molecule has 0 saturated carbocycles. The van der Waals surface area contributed by atoms with E-state index in [1.807, 2.05) is 20.8 Å². The van der Waals surface area contributed by atoms with Crippen LogP contribution in [0.5, 0.6) is 0 Å². The Kier molecular flexibility index (Phi) is 6.61. The Bertz CT molecular complexity index is 412. The Balaban J connectivity index is 2.31. The third-order valence-corrected chi connectivity index (χ3v) is 2.95. The van der Waals surface area contributed by atoms with Gasteiger partial charge in [-0.15, -0.1) is 0 Å². The van der Waals surface area contributed by atoms with Gasteiger partial charge in [0, 0.05) is 13.1 Å². The van der Waals surface area contributed by atoms with Crippen LogP contribution in [0.15, 0.2) is 10.9 Å². The van der Waals surface area contributed by atoms with Crippen LogP contribution < -0.4 is 10.6 Å². The highest BCUT2D eigenvalue weighted by Crippen LogP contribution is 2.10. The minimum Gasteiger partial charge on any atom is -0.444 e. The van der Waals surface area contributed by atoms with E-state index in [-0.39, 0.29) is 6.09 Å². The lowest BCUT2D eigenvalue weighted by Gasteiger charge is -2.24. The lowest BCUT2D eigenvalue weighted by molar-refractivity contribution is 0.0515. The number of nitrogens with one attached hydrogen (secondary N) is 2. The molecule has 0 bridgehead atoms. The fourth-order valence-electron chi connectivity index (χ4n) is 1.71. The van der Waals surface area contributed by atoms with Gasteiger partial charge in [0.05, 0.1) is 6.54 Å². The SMILES string of the molecule is CC(C)C(CNCc1ncon1)CNC(=O)OC(C)(C)C. The van der Waals surface area contributed by atoms with Crippen molar-refractivity contribution in [3.8, 4) is 0 Å². The van der Waals surface area contributed by atoms with Crippen LogP contribution in [0.3, 0.4) is 0 Å². The molecule has 0 aromatic carbocycles. The molecule has 1 heterocycles. The van der Waals surface area contributed by atoms with E-state index in [0.717, 1.165) is 6.54 Å². The van der Waals surface area contributed by atoms with E-state index in [4.69, 9.17) is 4.74 Å². The highest BCUT2D eigenvalue weighted by atomic mass is 16.6. The molecule has 0 aliphatic rings. The van der Waals surface area contributed by atoms with Crippen LogP contribution in [0.2, 0.25) is 0 Å². The van der Waals surface area contributed by atoms with Crippen LogP contribution in [0.4, 0.5) is 4.79 Å². The smallest absolute Gasteiger partial charge is 0.407 e. The van der Waals surface area contributed by atoms with Gasteiger partial charge in [-0.25, -0.2) is 4.79 Å². The zero-order valence-corrected chi connectivity index (χ0v) is 13.5. The average Bonchev–Trinajstić information content (AvgIpc) is 2.83. The summed E-state index contributed by atoms with van der Waals surface area (Å²) in [7, 11) is 0. The minimum absolute atomic E-state index is 0.296. The summed E-state index contributed by atoms with van der Waals surface area (Å²) in [6.45, 7) is 11.6. The van der Waals surface area contributed by atoms with Gasteiger partial charge in [-0.3, -0.25) is 0 Å². The van der Waals surface area contributed by atoms with Crippen LogP contribution in [-0.2, 0) is 11.3 Å². The molecule has 1 atom stereocenters. The Morgan fingerprint density at radius 3 is 2.62 bits per heavy atom. The van der Waals surface area contributed by atoms with Gasteiger partial charge in [0.15, 0.2) is 5.82 Å². The Morgan fingerprint density at radius 1 is 1.38 bits per heavy atom. The standard InChI is InChI=1S/C14H26N4O3/c1-10(2)11(6-15-8-12-17-9-20-18-12)7-16-13(19)21-14(3,4)5/h9-11,15H,6-8H2,1-5H3,(H,16,19). The second kappa shape index (κ2) is 7.97. The number of nitrogens with zero attached hydrogens (tertiary/aromatic N) is 2. The van der Waals surface area contributed by atoms with Crippen LogP contribution in [-0.4, -0.2) is 34.9 Å². The van der Waals surface area contributed by atoms with Crippen molar-refractivity contribution in [1.82, 2.24) is 20.8 Å². The van der Waals surface area contributed by atoms with E-state index in [9.17, 15) is 4.79 Å². The highest BCUT2D eigenvalue weighted by Gasteiger charge is 2.19. The summed E-state index contributed by atoms with van der Waals surface area (Å²) in [5.74, 6) is 1.35. The summed E-state index contributed by atoms with van der Waals surface area (Å²) in [6, 6.07) is 0. The fourth-order valence-corrected chi connectivity index (χ4v) is 1.71. The topological polar surface area (TPSA) is 89.3 Å². The number of rotatable bonds is 7. The van der Waals surface area contributed by atoms with Gasteiger partial charge in [0.25, 0.3) is 0 Å². The third kappa shape index (κ3) is 7.65. The van der Waals surface area contributed by atoms with E-state index in [1.165, 1.54) is 6.39 Å². The molecular formula is C14H26N4O3. The molecule has 7 nitrogen and oxygen atoms in total. The Labute approximate surface area is 125 Å². The summed E-state index contributed by atoms with van der Waals surface area (Å²) in [4.78, 5) is 15.6. The molecule has 7 heteroatoms. The Morgan fingerprint density at radius 2 is 2.10 bits per heavy atom. The number of aromatic nitrogens is 2. The first-order valence-electron chi connectivity index (χ1n) is 7.20. The number of amides is 1. The van der Waals surface area contributed by atoms with Crippen molar-refractivity contribution in [3.05, 3.63) is 12.2 Å². The largest absolute Gasteiger partial charge is 0.444 e. The second-order valence-electron chi connectivity index (χ2n) is 6.37. The average molecular weight is 298 g/mol. The fraction of sp³-hybridized carbons (Fsp3) is 0.786. The zero-order valence-electron chi connectivity index (χ0n) is 13.5. The van der Waals surface area contributed by atoms with Crippen LogP contribution >= 0.6 is 0 Å². The monoisotopic (exact) mass is 298 g/mol. The molecule has 21 heavy (non-hydrogen) atoms. The van der Waals surface area contributed by atoms with Crippen molar-refractivity contribution < 1.29 is 14.1 Å². The predicted octanol–water partition coefficient (Wildman–Crippen LogP) is 1.96. The molecule has 1 amide bonds. The number of hydrogen-bond acceptors (Lipinski definition) is 6. The molecule has 0 spiro atoms. The van der Waals surface area contributed by atoms with Crippen molar-refractivity contribution in [2.24, 2.45) is 11.8 Å². The normalized spacial score (nSPS) is 13.2. The van der Waals surface area contributed by atoms with Crippen molar-refractivity contribution >= 4 is 6.09 Å². The number of hydrogen-bond donors (Lipinski definition) is 2. The van der Waals surface area contributed by atoms with Crippen LogP contribution in [0, 0.1) is 11.8 Å². The van der Waals surface area contributed by atoms with Crippen LogP contribution in [0.1, 0.15) is 40.4 Å². The summed E-state index contributed by atoms with van der Waals surface area (Å²) in [5, 5.41) is 9.81. The lowest BCUT2D eigenvalue weighted by atomic mass is 9.96. The summed E-state index contributed by atoms with van der Waals surface area (Å²) >= 11 is 0. The molecule has 0 fully saturated rings. The maximum Gasteiger partial charge on any atom is 0.407 e. The molecule has 0 saturated heterocycles. The molecule has 1 unspecified atom stereocenters. The number of alkyl carbamates (subject to hydrolysis) is 1. The number of carbonyl (C=O) groups excluding carboxylic acids is 1. The van der Waals surface area contributed by atoms with E-state index in [2.05, 4.69) is 39.1 Å². The van der Waals surface area contributed by atoms with Gasteiger partial charge in [0.1, 0.15) is 5.60 Å². The van der Waals surface area contributed by atoms with Crippen LogP contribution in [0.25, 0.3) is 0 Å². The summed E-state index contributed by atoms with van der Waals surface area (Å²) in [5.41, 5.74) is -0.478.